The number of nitrogens with one attached hydrogen (secondary N) is 1. The van der Waals surface area contributed by atoms with Gasteiger partial charge in [0.25, 0.3) is 0 Å². The fourth-order valence-corrected chi connectivity index (χ4v) is 2.40. The first-order valence-electron chi connectivity index (χ1n) is 7.30. The van der Waals surface area contributed by atoms with E-state index in [0.29, 0.717) is 16.6 Å². The van der Waals surface area contributed by atoms with E-state index in [1.807, 2.05) is 0 Å². The predicted octanol–water partition coefficient (Wildman–Crippen LogP) is 5.59. The molecule has 1 aromatic carbocycles. The molecular weight excluding hydrogens is 321 g/mol. The van der Waals surface area contributed by atoms with Crippen LogP contribution in [0.2, 0.25) is 0 Å². The van der Waals surface area contributed by atoms with Crippen LogP contribution in [-0.2, 0) is 4.79 Å². The zero-order valence-electron chi connectivity index (χ0n) is 12.3. The van der Waals surface area contributed by atoms with Gasteiger partial charge in [-0.2, -0.15) is 0 Å². The van der Waals surface area contributed by atoms with Crippen LogP contribution in [-0.4, -0.2) is 5.91 Å². The lowest BCUT2D eigenvalue weighted by molar-refractivity contribution is -0.116. The van der Waals surface area contributed by atoms with Gasteiger partial charge in [0.05, 0.1) is 4.47 Å². The molecular formula is C16H23BrFNO. The highest BCUT2D eigenvalue weighted by Crippen LogP contribution is 2.24. The number of anilines is 1. The van der Waals surface area contributed by atoms with Crippen molar-refractivity contribution in [1.82, 2.24) is 0 Å². The average molecular weight is 344 g/mol. The van der Waals surface area contributed by atoms with E-state index in [0.717, 1.165) is 18.4 Å². The molecule has 20 heavy (non-hydrogen) atoms. The van der Waals surface area contributed by atoms with E-state index >= 15 is 0 Å². The van der Waals surface area contributed by atoms with Crippen molar-refractivity contribution in [2.24, 2.45) is 0 Å². The molecule has 0 aliphatic rings. The lowest BCUT2D eigenvalue weighted by atomic mass is 10.1. The molecule has 1 rings (SSSR count). The molecule has 112 valence electrons. The number of aryl methyl sites for hydroxylation is 1. The molecule has 0 bridgehead atoms. The summed E-state index contributed by atoms with van der Waals surface area (Å²) in [6.07, 6.45) is 7.50. The highest BCUT2D eigenvalue weighted by molar-refractivity contribution is 9.10. The molecule has 1 aromatic rings. The van der Waals surface area contributed by atoms with Crippen LogP contribution in [0.25, 0.3) is 0 Å². The van der Waals surface area contributed by atoms with E-state index in [4.69, 9.17) is 0 Å². The molecule has 0 radical (unpaired) electrons. The number of carbonyl (C=O) groups excluding carboxylic acids is 1. The molecule has 0 heterocycles. The van der Waals surface area contributed by atoms with Gasteiger partial charge in [-0.3, -0.25) is 4.79 Å². The Morgan fingerprint density at radius 1 is 1.20 bits per heavy atom. The fraction of sp³-hybridized carbons (Fsp3) is 0.562. The molecule has 0 saturated carbocycles. The van der Waals surface area contributed by atoms with Crippen molar-refractivity contribution >= 4 is 27.5 Å². The van der Waals surface area contributed by atoms with Crippen LogP contribution >= 0.6 is 15.9 Å². The Labute approximate surface area is 129 Å². The number of amides is 1. The standard InChI is InChI=1S/C16H23BrFNO/c1-3-4-5-6-7-8-9-16(20)19-15-11-13(17)14(18)10-12(15)2/h10-11H,3-9H2,1-2H3,(H,19,20). The highest BCUT2D eigenvalue weighted by atomic mass is 79.9. The van der Waals surface area contributed by atoms with Crippen LogP contribution in [0.15, 0.2) is 16.6 Å². The Hall–Kier alpha value is -0.900. The summed E-state index contributed by atoms with van der Waals surface area (Å²) in [5.74, 6) is -0.307. The number of rotatable bonds is 8. The third-order valence-electron chi connectivity index (χ3n) is 3.30. The largest absolute Gasteiger partial charge is 0.326 e. The van der Waals surface area contributed by atoms with Gasteiger partial charge in [-0.1, -0.05) is 39.0 Å². The van der Waals surface area contributed by atoms with Gasteiger partial charge < -0.3 is 5.32 Å². The van der Waals surface area contributed by atoms with E-state index in [1.165, 1.54) is 31.7 Å². The second-order valence-corrected chi connectivity index (χ2v) is 6.00. The minimum Gasteiger partial charge on any atom is -0.326 e. The van der Waals surface area contributed by atoms with Crippen molar-refractivity contribution in [3.8, 4) is 0 Å². The van der Waals surface area contributed by atoms with Crippen molar-refractivity contribution in [1.29, 1.82) is 0 Å². The first-order chi connectivity index (χ1) is 9.54. The quantitative estimate of drug-likeness (QED) is 0.612. The molecule has 0 saturated heterocycles. The van der Waals surface area contributed by atoms with Crippen molar-refractivity contribution in [3.05, 3.63) is 28.0 Å². The fourth-order valence-electron chi connectivity index (χ4n) is 2.06. The Morgan fingerprint density at radius 2 is 1.85 bits per heavy atom. The second kappa shape index (κ2) is 9.11. The van der Waals surface area contributed by atoms with E-state index in [-0.39, 0.29) is 11.7 Å². The third kappa shape index (κ3) is 6.04. The maximum atomic E-state index is 13.3. The molecule has 0 aromatic heterocycles. The zero-order valence-corrected chi connectivity index (χ0v) is 13.9. The molecule has 1 N–H and O–H groups in total. The summed E-state index contributed by atoms with van der Waals surface area (Å²) in [6.45, 7) is 3.98. The Kier molecular flexibility index (Phi) is 7.82. The van der Waals surface area contributed by atoms with E-state index in [1.54, 1.807) is 13.0 Å². The van der Waals surface area contributed by atoms with Gasteiger partial charge >= 0.3 is 0 Å². The number of halogens is 2. The van der Waals surface area contributed by atoms with Crippen LogP contribution < -0.4 is 5.32 Å². The minimum absolute atomic E-state index is 0.00194. The highest BCUT2D eigenvalue weighted by Gasteiger charge is 2.08. The lowest BCUT2D eigenvalue weighted by Crippen LogP contribution is -2.12. The molecule has 0 aliphatic heterocycles. The number of benzene rings is 1. The first kappa shape index (κ1) is 17.2. The van der Waals surface area contributed by atoms with E-state index in [2.05, 4.69) is 28.2 Å². The SMILES string of the molecule is CCCCCCCCC(=O)Nc1cc(Br)c(F)cc1C. The minimum atomic E-state index is -0.309. The van der Waals surface area contributed by atoms with Gasteiger partial charge in [0.15, 0.2) is 0 Å². The van der Waals surface area contributed by atoms with Gasteiger partial charge in [-0.05, 0) is 47.0 Å². The smallest absolute Gasteiger partial charge is 0.224 e. The summed E-state index contributed by atoms with van der Waals surface area (Å²) in [6, 6.07) is 3.04. The number of hydrogen-bond donors (Lipinski definition) is 1. The third-order valence-corrected chi connectivity index (χ3v) is 3.91. The summed E-state index contributed by atoms with van der Waals surface area (Å²) in [4.78, 5) is 11.8. The van der Waals surface area contributed by atoms with Gasteiger partial charge in [0.2, 0.25) is 5.91 Å². The van der Waals surface area contributed by atoms with Gasteiger partial charge in [-0.25, -0.2) is 4.39 Å². The maximum Gasteiger partial charge on any atom is 0.224 e. The molecule has 0 unspecified atom stereocenters. The first-order valence-corrected chi connectivity index (χ1v) is 8.09. The molecule has 0 atom stereocenters. The number of hydrogen-bond acceptors (Lipinski definition) is 1. The van der Waals surface area contributed by atoms with Crippen LogP contribution in [0.4, 0.5) is 10.1 Å². The van der Waals surface area contributed by atoms with Crippen LogP contribution in [0, 0.1) is 12.7 Å². The van der Waals surface area contributed by atoms with Crippen molar-refractivity contribution in [3.63, 3.8) is 0 Å². The molecule has 0 spiro atoms. The van der Waals surface area contributed by atoms with E-state index in [9.17, 15) is 9.18 Å². The van der Waals surface area contributed by atoms with Crippen molar-refractivity contribution in [2.75, 3.05) is 5.32 Å². The predicted molar refractivity (Wildman–Crippen MR) is 85.5 cm³/mol. The summed E-state index contributed by atoms with van der Waals surface area (Å²) in [5, 5.41) is 2.84. The molecule has 4 heteroatoms. The Bertz CT molecular complexity index is 448. The second-order valence-electron chi connectivity index (χ2n) is 5.15. The monoisotopic (exact) mass is 343 g/mol. The van der Waals surface area contributed by atoms with Crippen molar-refractivity contribution < 1.29 is 9.18 Å². The summed E-state index contributed by atoms with van der Waals surface area (Å²) in [5.41, 5.74) is 1.41. The molecule has 0 fully saturated rings. The summed E-state index contributed by atoms with van der Waals surface area (Å²) in [7, 11) is 0. The maximum absolute atomic E-state index is 13.3. The van der Waals surface area contributed by atoms with Crippen molar-refractivity contribution in [2.45, 2.75) is 58.8 Å². The van der Waals surface area contributed by atoms with Crippen LogP contribution in [0.1, 0.15) is 57.4 Å². The lowest BCUT2D eigenvalue weighted by Gasteiger charge is -2.09. The average Bonchev–Trinajstić information content (AvgIpc) is 2.40. The van der Waals surface area contributed by atoms with Gasteiger partial charge in [-0.15, -0.1) is 0 Å². The number of unbranched alkanes of at least 4 members (excludes halogenated alkanes) is 5. The normalized spacial score (nSPS) is 10.6. The van der Waals surface area contributed by atoms with Gasteiger partial charge in [0.1, 0.15) is 5.82 Å². The van der Waals surface area contributed by atoms with Crippen LogP contribution in [0.3, 0.4) is 0 Å². The summed E-state index contributed by atoms with van der Waals surface area (Å²) < 4.78 is 13.7. The summed E-state index contributed by atoms with van der Waals surface area (Å²) >= 11 is 3.13. The Morgan fingerprint density at radius 3 is 2.55 bits per heavy atom. The zero-order chi connectivity index (χ0) is 15.0. The Balaban J connectivity index is 2.34. The topological polar surface area (TPSA) is 29.1 Å². The molecule has 1 amide bonds. The molecule has 0 aliphatic carbocycles. The molecule has 2 nitrogen and oxygen atoms in total. The van der Waals surface area contributed by atoms with E-state index < -0.39 is 0 Å². The van der Waals surface area contributed by atoms with Gasteiger partial charge in [0, 0.05) is 12.1 Å². The van der Waals surface area contributed by atoms with Crippen LogP contribution in [0.5, 0.6) is 0 Å². The number of carbonyl (C=O) groups is 1.